The predicted molar refractivity (Wildman–Crippen MR) is 65.6 cm³/mol. The summed E-state index contributed by atoms with van der Waals surface area (Å²) in [7, 11) is 0. The van der Waals surface area contributed by atoms with E-state index in [2.05, 4.69) is 0 Å². The first-order valence-corrected chi connectivity index (χ1v) is 5.66. The van der Waals surface area contributed by atoms with Crippen molar-refractivity contribution < 1.29 is 26.7 Å². The Kier molecular flexibility index (Phi) is 3.67. The van der Waals surface area contributed by atoms with Gasteiger partial charge in [0, 0.05) is 5.56 Å². The zero-order chi connectivity index (χ0) is 15.8. The molecule has 0 saturated heterocycles. The molecule has 2 nitrogen and oxygen atoms in total. The first-order valence-electron chi connectivity index (χ1n) is 5.66. The third-order valence-corrected chi connectivity index (χ3v) is 2.80. The molecule has 0 heterocycles. The zero-order valence-electron chi connectivity index (χ0n) is 10.3. The summed E-state index contributed by atoms with van der Waals surface area (Å²) in [4.78, 5) is 12.0. The Hall–Kier alpha value is -2.44. The molecule has 21 heavy (non-hydrogen) atoms. The second kappa shape index (κ2) is 5.16. The third kappa shape index (κ3) is 3.01. The molecule has 0 aliphatic heterocycles. The van der Waals surface area contributed by atoms with Gasteiger partial charge < -0.3 is 5.73 Å². The van der Waals surface area contributed by atoms with Crippen molar-refractivity contribution in [3.05, 3.63) is 64.7 Å². The van der Waals surface area contributed by atoms with Crippen molar-refractivity contribution in [2.24, 2.45) is 0 Å². The molecule has 0 radical (unpaired) electrons. The average molecular weight is 301 g/mol. The SMILES string of the molecule is Nc1ccc(C(=O)c2cc(C(F)(F)F)ccc2F)cc1F. The second-order valence-electron chi connectivity index (χ2n) is 4.26. The monoisotopic (exact) mass is 301 g/mol. The van der Waals surface area contributed by atoms with E-state index in [0.717, 1.165) is 18.2 Å². The number of alkyl halides is 3. The molecular weight excluding hydrogens is 293 g/mol. The summed E-state index contributed by atoms with van der Waals surface area (Å²) in [6.07, 6.45) is -4.71. The zero-order valence-corrected chi connectivity index (χ0v) is 10.3. The Balaban J connectivity index is 2.50. The van der Waals surface area contributed by atoms with E-state index < -0.39 is 34.7 Å². The van der Waals surface area contributed by atoms with E-state index >= 15 is 0 Å². The molecule has 0 unspecified atom stereocenters. The summed E-state index contributed by atoms with van der Waals surface area (Å²) in [5, 5.41) is 0. The minimum absolute atomic E-state index is 0.226. The van der Waals surface area contributed by atoms with Crippen molar-refractivity contribution in [1.82, 2.24) is 0 Å². The van der Waals surface area contributed by atoms with Crippen LogP contribution in [0.25, 0.3) is 0 Å². The maximum Gasteiger partial charge on any atom is 0.416 e. The maximum absolute atomic E-state index is 13.6. The first-order chi connectivity index (χ1) is 9.70. The molecule has 2 aromatic carbocycles. The van der Waals surface area contributed by atoms with E-state index in [1.165, 1.54) is 0 Å². The normalized spacial score (nSPS) is 11.5. The van der Waals surface area contributed by atoms with Crippen LogP contribution in [0, 0.1) is 11.6 Å². The van der Waals surface area contributed by atoms with Crippen molar-refractivity contribution in [3.63, 3.8) is 0 Å². The predicted octanol–water partition coefficient (Wildman–Crippen LogP) is 3.80. The number of ketones is 1. The maximum atomic E-state index is 13.6. The number of hydrogen-bond donors (Lipinski definition) is 1. The lowest BCUT2D eigenvalue weighted by molar-refractivity contribution is -0.137. The molecule has 0 aliphatic carbocycles. The molecule has 2 rings (SSSR count). The quantitative estimate of drug-likeness (QED) is 0.521. The van der Waals surface area contributed by atoms with E-state index in [-0.39, 0.29) is 11.3 Å². The van der Waals surface area contributed by atoms with E-state index in [4.69, 9.17) is 5.73 Å². The van der Waals surface area contributed by atoms with Crippen LogP contribution in [0.15, 0.2) is 36.4 Å². The molecule has 7 heteroatoms. The highest BCUT2D eigenvalue weighted by molar-refractivity contribution is 6.09. The number of halogens is 5. The summed E-state index contributed by atoms with van der Waals surface area (Å²) in [5.41, 5.74) is 2.76. The molecule has 0 atom stereocenters. The number of carbonyl (C=O) groups is 1. The Morgan fingerprint density at radius 3 is 2.19 bits per heavy atom. The fourth-order valence-corrected chi connectivity index (χ4v) is 1.70. The standard InChI is InChI=1S/C14H8F5NO/c15-10-3-2-8(14(17,18)19)6-9(10)13(21)7-1-4-12(20)11(16)5-7/h1-6H,20H2. The van der Waals surface area contributed by atoms with Gasteiger partial charge in [0.15, 0.2) is 5.78 Å². The van der Waals surface area contributed by atoms with Gasteiger partial charge in [0.1, 0.15) is 11.6 Å². The number of carbonyl (C=O) groups excluding carboxylic acids is 1. The Morgan fingerprint density at radius 2 is 1.62 bits per heavy atom. The second-order valence-corrected chi connectivity index (χ2v) is 4.26. The molecule has 0 aliphatic rings. The molecule has 110 valence electrons. The average Bonchev–Trinajstić information content (AvgIpc) is 2.40. The smallest absolute Gasteiger partial charge is 0.396 e. The fraction of sp³-hybridized carbons (Fsp3) is 0.0714. The number of benzene rings is 2. The fourth-order valence-electron chi connectivity index (χ4n) is 1.70. The minimum Gasteiger partial charge on any atom is -0.396 e. The van der Waals surface area contributed by atoms with Gasteiger partial charge in [-0.25, -0.2) is 8.78 Å². The Labute approximate surface area is 116 Å². The summed E-state index contributed by atoms with van der Waals surface area (Å²) < 4.78 is 64.6. The van der Waals surface area contributed by atoms with Gasteiger partial charge >= 0.3 is 6.18 Å². The van der Waals surface area contributed by atoms with Crippen LogP contribution in [0.5, 0.6) is 0 Å². The van der Waals surface area contributed by atoms with E-state index in [0.29, 0.717) is 18.2 Å². The Morgan fingerprint density at radius 1 is 0.952 bits per heavy atom. The highest BCUT2D eigenvalue weighted by Gasteiger charge is 2.32. The molecule has 0 amide bonds. The van der Waals surface area contributed by atoms with E-state index in [1.54, 1.807) is 0 Å². The van der Waals surface area contributed by atoms with Crippen LogP contribution >= 0.6 is 0 Å². The third-order valence-electron chi connectivity index (χ3n) is 2.80. The molecular formula is C14H8F5NO. The highest BCUT2D eigenvalue weighted by atomic mass is 19.4. The van der Waals surface area contributed by atoms with Crippen molar-refractivity contribution in [3.8, 4) is 0 Å². The number of hydrogen-bond acceptors (Lipinski definition) is 2. The van der Waals surface area contributed by atoms with Crippen molar-refractivity contribution >= 4 is 11.5 Å². The molecule has 0 aromatic heterocycles. The van der Waals surface area contributed by atoms with Gasteiger partial charge in [0.05, 0.1) is 16.8 Å². The van der Waals surface area contributed by atoms with Crippen LogP contribution in [0.3, 0.4) is 0 Å². The van der Waals surface area contributed by atoms with Crippen molar-refractivity contribution in [2.75, 3.05) is 5.73 Å². The van der Waals surface area contributed by atoms with E-state index in [1.807, 2.05) is 0 Å². The van der Waals surface area contributed by atoms with Gasteiger partial charge in [0.2, 0.25) is 0 Å². The van der Waals surface area contributed by atoms with Gasteiger partial charge in [0.25, 0.3) is 0 Å². The number of anilines is 1. The summed E-state index contributed by atoms with van der Waals surface area (Å²) in [5.74, 6) is -3.09. The van der Waals surface area contributed by atoms with Gasteiger partial charge in [-0.1, -0.05) is 0 Å². The lowest BCUT2D eigenvalue weighted by atomic mass is 10.00. The lowest BCUT2D eigenvalue weighted by Gasteiger charge is -2.09. The summed E-state index contributed by atoms with van der Waals surface area (Å²) in [6, 6.07) is 4.40. The highest BCUT2D eigenvalue weighted by Crippen LogP contribution is 2.31. The van der Waals surface area contributed by atoms with Crippen LogP contribution in [0.1, 0.15) is 21.5 Å². The molecule has 2 N–H and O–H groups in total. The van der Waals surface area contributed by atoms with Gasteiger partial charge in [-0.05, 0) is 36.4 Å². The molecule has 0 bridgehead atoms. The van der Waals surface area contributed by atoms with Gasteiger partial charge in [-0.2, -0.15) is 13.2 Å². The van der Waals surface area contributed by atoms with Gasteiger partial charge in [-0.3, -0.25) is 4.79 Å². The van der Waals surface area contributed by atoms with Crippen LogP contribution in [-0.2, 0) is 6.18 Å². The van der Waals surface area contributed by atoms with Crippen LogP contribution in [0.2, 0.25) is 0 Å². The molecule has 0 fully saturated rings. The summed E-state index contributed by atoms with van der Waals surface area (Å²) >= 11 is 0. The van der Waals surface area contributed by atoms with Crippen molar-refractivity contribution in [1.29, 1.82) is 0 Å². The topological polar surface area (TPSA) is 43.1 Å². The van der Waals surface area contributed by atoms with Crippen molar-refractivity contribution in [2.45, 2.75) is 6.18 Å². The van der Waals surface area contributed by atoms with Gasteiger partial charge in [-0.15, -0.1) is 0 Å². The number of nitrogens with two attached hydrogens (primary N) is 1. The minimum atomic E-state index is -4.71. The first kappa shape index (κ1) is 15.0. The van der Waals surface area contributed by atoms with Crippen LogP contribution in [0.4, 0.5) is 27.6 Å². The molecule has 2 aromatic rings. The van der Waals surface area contributed by atoms with Crippen LogP contribution < -0.4 is 5.73 Å². The molecule has 0 spiro atoms. The lowest BCUT2D eigenvalue weighted by Crippen LogP contribution is -2.10. The van der Waals surface area contributed by atoms with E-state index in [9.17, 15) is 26.7 Å². The summed E-state index contributed by atoms with van der Waals surface area (Å²) in [6.45, 7) is 0. The molecule has 0 saturated carbocycles. The van der Waals surface area contributed by atoms with Crippen LogP contribution in [-0.4, -0.2) is 5.78 Å². The number of rotatable bonds is 2. The largest absolute Gasteiger partial charge is 0.416 e. The Bertz CT molecular complexity index is 709. The number of nitrogen functional groups attached to an aromatic ring is 1.